The van der Waals surface area contributed by atoms with Crippen molar-refractivity contribution < 1.29 is 4.79 Å². The van der Waals surface area contributed by atoms with E-state index in [2.05, 4.69) is 39.0 Å². The molecule has 130 valence electrons. The molecule has 0 atom stereocenters. The van der Waals surface area contributed by atoms with E-state index in [0.29, 0.717) is 31.4 Å². The lowest BCUT2D eigenvalue weighted by Gasteiger charge is -2.28. The van der Waals surface area contributed by atoms with Crippen molar-refractivity contribution in [1.29, 1.82) is 0 Å². The topological polar surface area (TPSA) is 80.9 Å². The smallest absolute Gasteiger partial charge is 0.315 e. The number of benzene rings is 1. The highest BCUT2D eigenvalue weighted by molar-refractivity contribution is 5.99. The lowest BCUT2D eigenvalue weighted by atomic mass is 10.2. The molecule has 8 heteroatoms. The standard InChI is InChI=1S/C17H21N7O/c1-11(2)16-20-19-14-10-23(8-9-24(14)16)17(25)18-15-12-6-4-5-7-13(12)22(3)21-15/h4-7,11H,8-10H2,1-3H3,(H,18,21,25). The molecule has 0 radical (unpaired) electrons. The van der Waals surface area contributed by atoms with Gasteiger partial charge in [-0.3, -0.25) is 10.00 Å². The van der Waals surface area contributed by atoms with Crippen LogP contribution in [0.3, 0.4) is 0 Å². The molecule has 3 heterocycles. The number of rotatable bonds is 2. The summed E-state index contributed by atoms with van der Waals surface area (Å²) < 4.78 is 3.89. The first kappa shape index (κ1) is 15.6. The van der Waals surface area contributed by atoms with Crippen LogP contribution in [0.4, 0.5) is 10.6 Å². The maximum absolute atomic E-state index is 12.7. The number of para-hydroxylation sites is 1. The molecule has 0 saturated heterocycles. The number of anilines is 1. The van der Waals surface area contributed by atoms with Crippen molar-refractivity contribution in [2.75, 3.05) is 11.9 Å². The quantitative estimate of drug-likeness (QED) is 0.777. The minimum absolute atomic E-state index is 0.163. The highest BCUT2D eigenvalue weighted by Gasteiger charge is 2.26. The van der Waals surface area contributed by atoms with Crippen LogP contribution >= 0.6 is 0 Å². The molecule has 0 fully saturated rings. The van der Waals surface area contributed by atoms with Gasteiger partial charge >= 0.3 is 6.03 Å². The van der Waals surface area contributed by atoms with Gasteiger partial charge in [-0.05, 0) is 12.1 Å². The molecule has 8 nitrogen and oxygen atoms in total. The molecule has 4 rings (SSSR count). The molecule has 2 aromatic heterocycles. The molecule has 1 aromatic carbocycles. The SMILES string of the molecule is CC(C)c1nnc2n1CCN(C(=O)Nc1nn(C)c3ccccc13)C2. The summed E-state index contributed by atoms with van der Waals surface area (Å²) in [6, 6.07) is 7.67. The van der Waals surface area contributed by atoms with Crippen LogP contribution in [0.1, 0.15) is 31.4 Å². The number of carbonyl (C=O) groups excluding carboxylic acids is 1. The largest absolute Gasteiger partial charge is 0.323 e. The van der Waals surface area contributed by atoms with E-state index in [4.69, 9.17) is 0 Å². The van der Waals surface area contributed by atoms with Gasteiger partial charge in [-0.1, -0.05) is 26.0 Å². The highest BCUT2D eigenvalue weighted by atomic mass is 16.2. The molecule has 3 aromatic rings. The van der Waals surface area contributed by atoms with Gasteiger partial charge in [0.05, 0.1) is 12.1 Å². The third kappa shape index (κ3) is 2.63. The minimum Gasteiger partial charge on any atom is -0.315 e. The second-order valence-electron chi connectivity index (χ2n) is 6.62. The molecular weight excluding hydrogens is 318 g/mol. The van der Waals surface area contributed by atoms with E-state index in [1.165, 1.54) is 0 Å². The molecule has 1 aliphatic rings. The van der Waals surface area contributed by atoms with Crippen LogP contribution in [0.25, 0.3) is 10.9 Å². The maximum Gasteiger partial charge on any atom is 0.323 e. The van der Waals surface area contributed by atoms with Crippen molar-refractivity contribution >= 4 is 22.8 Å². The van der Waals surface area contributed by atoms with E-state index in [1.807, 2.05) is 31.3 Å². The zero-order chi connectivity index (χ0) is 17.6. The number of nitrogens with zero attached hydrogens (tertiary/aromatic N) is 6. The van der Waals surface area contributed by atoms with Gasteiger partial charge in [0.15, 0.2) is 11.6 Å². The Morgan fingerprint density at radius 1 is 1.20 bits per heavy atom. The van der Waals surface area contributed by atoms with Gasteiger partial charge in [0, 0.05) is 31.4 Å². The third-order valence-electron chi connectivity index (χ3n) is 4.57. The molecule has 0 unspecified atom stereocenters. The van der Waals surface area contributed by atoms with Crippen molar-refractivity contribution in [3.63, 3.8) is 0 Å². The van der Waals surface area contributed by atoms with Gasteiger partial charge in [0.2, 0.25) is 0 Å². The Labute approximate surface area is 145 Å². The average Bonchev–Trinajstić information content (AvgIpc) is 3.16. The zero-order valence-electron chi connectivity index (χ0n) is 14.6. The lowest BCUT2D eigenvalue weighted by molar-refractivity contribution is 0.195. The fourth-order valence-electron chi connectivity index (χ4n) is 3.27. The first-order valence-electron chi connectivity index (χ1n) is 8.44. The van der Waals surface area contributed by atoms with Crippen molar-refractivity contribution in [3.8, 4) is 0 Å². The Kier molecular flexibility index (Phi) is 3.67. The number of aromatic nitrogens is 5. The Morgan fingerprint density at radius 2 is 2.00 bits per heavy atom. The zero-order valence-corrected chi connectivity index (χ0v) is 14.6. The maximum atomic E-state index is 12.7. The predicted molar refractivity (Wildman–Crippen MR) is 94.3 cm³/mol. The van der Waals surface area contributed by atoms with Crippen LogP contribution in [0.15, 0.2) is 24.3 Å². The summed E-state index contributed by atoms with van der Waals surface area (Å²) in [5, 5.41) is 16.8. The summed E-state index contributed by atoms with van der Waals surface area (Å²) in [4.78, 5) is 14.4. The van der Waals surface area contributed by atoms with Gasteiger partial charge in [0.25, 0.3) is 0 Å². The van der Waals surface area contributed by atoms with Crippen molar-refractivity contribution in [2.24, 2.45) is 7.05 Å². The molecule has 25 heavy (non-hydrogen) atoms. The number of aryl methyl sites for hydroxylation is 1. The summed E-state index contributed by atoms with van der Waals surface area (Å²) in [5.74, 6) is 2.71. The number of urea groups is 1. The Morgan fingerprint density at radius 3 is 2.80 bits per heavy atom. The number of hydrogen-bond acceptors (Lipinski definition) is 4. The van der Waals surface area contributed by atoms with Crippen LogP contribution in [0.5, 0.6) is 0 Å². The summed E-state index contributed by atoms with van der Waals surface area (Å²) >= 11 is 0. The number of carbonyl (C=O) groups is 1. The molecular formula is C17H21N7O. The van der Waals surface area contributed by atoms with Crippen LogP contribution in [-0.4, -0.2) is 42.0 Å². The van der Waals surface area contributed by atoms with Crippen LogP contribution < -0.4 is 5.32 Å². The fourth-order valence-corrected chi connectivity index (χ4v) is 3.27. The summed E-state index contributed by atoms with van der Waals surface area (Å²) in [7, 11) is 1.87. The highest BCUT2D eigenvalue weighted by Crippen LogP contribution is 2.23. The van der Waals surface area contributed by atoms with Crippen molar-refractivity contribution in [1.82, 2.24) is 29.4 Å². The molecule has 1 aliphatic heterocycles. The number of fused-ring (bicyclic) bond motifs is 2. The van der Waals surface area contributed by atoms with Gasteiger partial charge in [0.1, 0.15) is 5.82 Å². The molecule has 1 N–H and O–H groups in total. The first-order valence-corrected chi connectivity index (χ1v) is 8.44. The van der Waals surface area contributed by atoms with Crippen LogP contribution in [0, 0.1) is 0 Å². The number of hydrogen-bond donors (Lipinski definition) is 1. The third-order valence-corrected chi connectivity index (χ3v) is 4.57. The van der Waals surface area contributed by atoms with Gasteiger partial charge < -0.3 is 9.47 Å². The lowest BCUT2D eigenvalue weighted by Crippen LogP contribution is -2.41. The van der Waals surface area contributed by atoms with E-state index in [9.17, 15) is 4.79 Å². The molecule has 0 saturated carbocycles. The monoisotopic (exact) mass is 339 g/mol. The van der Waals surface area contributed by atoms with E-state index in [-0.39, 0.29) is 6.03 Å². The summed E-state index contributed by atoms with van der Waals surface area (Å²) in [5.41, 5.74) is 0.984. The van der Waals surface area contributed by atoms with E-state index in [1.54, 1.807) is 9.58 Å². The van der Waals surface area contributed by atoms with E-state index >= 15 is 0 Å². The molecule has 0 spiro atoms. The average molecular weight is 339 g/mol. The molecule has 0 aliphatic carbocycles. The Bertz CT molecular complexity index is 940. The predicted octanol–water partition coefficient (Wildman–Crippen LogP) is 2.34. The minimum atomic E-state index is -0.163. The van der Waals surface area contributed by atoms with Crippen LogP contribution in [0.2, 0.25) is 0 Å². The second kappa shape index (κ2) is 5.87. The van der Waals surface area contributed by atoms with Gasteiger partial charge in [-0.2, -0.15) is 5.10 Å². The molecule has 2 amide bonds. The number of amides is 2. The summed E-state index contributed by atoms with van der Waals surface area (Å²) in [6.45, 7) is 6.00. The molecule has 0 bridgehead atoms. The first-order chi connectivity index (χ1) is 12.0. The van der Waals surface area contributed by atoms with Crippen molar-refractivity contribution in [2.45, 2.75) is 32.9 Å². The summed E-state index contributed by atoms with van der Waals surface area (Å²) in [6.07, 6.45) is 0. The fraction of sp³-hybridized carbons (Fsp3) is 0.412. The second-order valence-corrected chi connectivity index (χ2v) is 6.62. The normalized spacial score (nSPS) is 14.2. The van der Waals surface area contributed by atoms with Crippen LogP contribution in [-0.2, 0) is 20.1 Å². The van der Waals surface area contributed by atoms with E-state index in [0.717, 1.165) is 22.6 Å². The number of nitrogens with one attached hydrogen (secondary N) is 1. The van der Waals surface area contributed by atoms with E-state index < -0.39 is 0 Å². The van der Waals surface area contributed by atoms with Gasteiger partial charge in [-0.25, -0.2) is 4.79 Å². The Hall–Kier alpha value is -2.90. The Balaban J connectivity index is 1.54. The van der Waals surface area contributed by atoms with Crippen molar-refractivity contribution in [3.05, 3.63) is 35.9 Å². The van der Waals surface area contributed by atoms with Gasteiger partial charge in [-0.15, -0.1) is 10.2 Å².